The second-order valence-corrected chi connectivity index (χ2v) is 9.57. The van der Waals surface area contributed by atoms with E-state index in [0.29, 0.717) is 10.8 Å². The van der Waals surface area contributed by atoms with E-state index in [9.17, 15) is 8.42 Å². The number of rotatable bonds is 4. The van der Waals surface area contributed by atoms with Crippen molar-refractivity contribution in [2.24, 2.45) is 0 Å². The Kier molecular flexibility index (Phi) is 3.90. The predicted molar refractivity (Wildman–Crippen MR) is 84.7 cm³/mol. The standard InChI is InChI=1S/C14H16ClNO3S2/c1-14(6-8-21(17,18)9-14)16-13(10-3-2-7-19-10)11-4-5-12(15)20-11/h2-5,7,13,16H,6,8-9H2,1H3. The monoisotopic (exact) mass is 345 g/mol. The predicted octanol–water partition coefficient (Wildman–Crippen LogP) is 3.25. The molecule has 114 valence electrons. The Balaban J connectivity index is 1.90. The van der Waals surface area contributed by atoms with Gasteiger partial charge in [-0.05, 0) is 37.6 Å². The fourth-order valence-electron chi connectivity index (χ4n) is 2.69. The van der Waals surface area contributed by atoms with Crippen LogP contribution in [-0.2, 0) is 9.84 Å². The number of thiophene rings is 1. The van der Waals surface area contributed by atoms with Crippen molar-refractivity contribution in [1.29, 1.82) is 0 Å². The summed E-state index contributed by atoms with van der Waals surface area (Å²) in [5.74, 6) is 1.14. The summed E-state index contributed by atoms with van der Waals surface area (Å²) in [6, 6.07) is 7.31. The quantitative estimate of drug-likeness (QED) is 0.924. The molecule has 1 N–H and O–H groups in total. The molecule has 0 saturated carbocycles. The molecule has 4 nitrogen and oxygen atoms in total. The third kappa shape index (κ3) is 3.34. The first-order chi connectivity index (χ1) is 9.87. The molecule has 21 heavy (non-hydrogen) atoms. The minimum Gasteiger partial charge on any atom is -0.467 e. The summed E-state index contributed by atoms with van der Waals surface area (Å²) in [5.41, 5.74) is -0.452. The minimum absolute atomic E-state index is 0.149. The van der Waals surface area contributed by atoms with Crippen LogP contribution in [0.1, 0.15) is 30.0 Å². The zero-order valence-electron chi connectivity index (χ0n) is 11.5. The van der Waals surface area contributed by atoms with Crippen molar-refractivity contribution in [3.63, 3.8) is 0 Å². The smallest absolute Gasteiger partial charge is 0.152 e. The van der Waals surface area contributed by atoms with E-state index < -0.39 is 15.4 Å². The van der Waals surface area contributed by atoms with Crippen molar-refractivity contribution >= 4 is 32.8 Å². The van der Waals surface area contributed by atoms with Crippen LogP contribution in [0.25, 0.3) is 0 Å². The number of nitrogens with one attached hydrogen (secondary N) is 1. The van der Waals surface area contributed by atoms with Gasteiger partial charge in [-0.3, -0.25) is 5.32 Å². The van der Waals surface area contributed by atoms with Crippen LogP contribution in [0.3, 0.4) is 0 Å². The Morgan fingerprint density at radius 3 is 2.76 bits per heavy atom. The summed E-state index contributed by atoms with van der Waals surface area (Å²) in [4.78, 5) is 1.01. The lowest BCUT2D eigenvalue weighted by Gasteiger charge is -2.29. The molecule has 2 aromatic heterocycles. The topological polar surface area (TPSA) is 59.3 Å². The van der Waals surface area contributed by atoms with Gasteiger partial charge in [0.2, 0.25) is 0 Å². The van der Waals surface area contributed by atoms with E-state index in [0.717, 1.165) is 10.6 Å². The van der Waals surface area contributed by atoms with E-state index in [-0.39, 0.29) is 17.5 Å². The maximum absolute atomic E-state index is 11.8. The van der Waals surface area contributed by atoms with Gasteiger partial charge < -0.3 is 4.42 Å². The van der Waals surface area contributed by atoms with E-state index in [4.69, 9.17) is 16.0 Å². The highest BCUT2D eigenvalue weighted by Gasteiger charge is 2.40. The molecular formula is C14H16ClNO3S2. The first-order valence-corrected chi connectivity index (χ1v) is 9.65. The molecule has 1 saturated heterocycles. The van der Waals surface area contributed by atoms with Gasteiger partial charge in [-0.1, -0.05) is 11.6 Å². The first kappa shape index (κ1) is 15.1. The summed E-state index contributed by atoms with van der Waals surface area (Å²) in [6.07, 6.45) is 2.22. The van der Waals surface area contributed by atoms with Crippen LogP contribution in [0.2, 0.25) is 4.34 Å². The van der Waals surface area contributed by atoms with Crippen molar-refractivity contribution in [2.45, 2.75) is 24.9 Å². The largest absolute Gasteiger partial charge is 0.467 e. The number of halogens is 1. The van der Waals surface area contributed by atoms with Gasteiger partial charge >= 0.3 is 0 Å². The van der Waals surface area contributed by atoms with Crippen molar-refractivity contribution in [2.75, 3.05) is 11.5 Å². The third-order valence-electron chi connectivity index (χ3n) is 3.70. The molecule has 1 aliphatic rings. The Labute approximate surface area is 133 Å². The molecule has 3 heterocycles. The fourth-order valence-corrected chi connectivity index (χ4v) is 5.92. The second kappa shape index (κ2) is 5.43. The van der Waals surface area contributed by atoms with Gasteiger partial charge in [-0.25, -0.2) is 8.42 Å². The van der Waals surface area contributed by atoms with Crippen LogP contribution in [0.15, 0.2) is 34.9 Å². The summed E-state index contributed by atoms with van der Waals surface area (Å²) < 4.78 is 29.8. The Morgan fingerprint density at radius 1 is 1.43 bits per heavy atom. The molecule has 0 spiro atoms. The van der Waals surface area contributed by atoms with Gasteiger partial charge in [0.25, 0.3) is 0 Å². The third-order valence-corrected chi connectivity index (χ3v) is 6.90. The molecule has 2 aromatic rings. The molecular weight excluding hydrogens is 330 g/mol. The lowest BCUT2D eigenvalue weighted by molar-refractivity contribution is 0.338. The number of hydrogen-bond acceptors (Lipinski definition) is 5. The summed E-state index contributed by atoms with van der Waals surface area (Å²) in [6.45, 7) is 1.95. The molecule has 7 heteroatoms. The maximum Gasteiger partial charge on any atom is 0.152 e. The first-order valence-electron chi connectivity index (χ1n) is 6.64. The van der Waals surface area contributed by atoms with Crippen LogP contribution in [0.5, 0.6) is 0 Å². The van der Waals surface area contributed by atoms with Crippen LogP contribution < -0.4 is 5.32 Å². The molecule has 0 bridgehead atoms. The van der Waals surface area contributed by atoms with Crippen LogP contribution in [-0.4, -0.2) is 25.5 Å². The van der Waals surface area contributed by atoms with Crippen LogP contribution in [0.4, 0.5) is 0 Å². The van der Waals surface area contributed by atoms with Gasteiger partial charge in [0.05, 0.1) is 22.1 Å². The van der Waals surface area contributed by atoms with Gasteiger partial charge in [-0.15, -0.1) is 11.3 Å². The van der Waals surface area contributed by atoms with Crippen LogP contribution in [0, 0.1) is 0 Å². The molecule has 1 aliphatic heterocycles. The molecule has 1 fully saturated rings. The summed E-state index contributed by atoms with van der Waals surface area (Å²) in [7, 11) is -2.96. The van der Waals surface area contributed by atoms with Crippen molar-refractivity contribution in [3.05, 3.63) is 45.5 Å². The maximum atomic E-state index is 11.8. The van der Waals surface area contributed by atoms with Gasteiger partial charge in [-0.2, -0.15) is 0 Å². The van der Waals surface area contributed by atoms with E-state index in [2.05, 4.69) is 5.32 Å². The SMILES string of the molecule is CC1(NC(c2ccco2)c2ccc(Cl)s2)CCS(=O)(=O)C1. The normalized spacial score (nSPS) is 26.0. The number of hydrogen-bond donors (Lipinski definition) is 1. The zero-order chi connectivity index (χ0) is 15.1. The Bertz CT molecular complexity index is 723. The summed E-state index contributed by atoms with van der Waals surface area (Å²) in [5, 5.41) is 3.46. The minimum atomic E-state index is -2.96. The Morgan fingerprint density at radius 2 is 2.24 bits per heavy atom. The molecule has 0 amide bonds. The highest BCUT2D eigenvalue weighted by atomic mass is 35.5. The number of furan rings is 1. The molecule has 0 aliphatic carbocycles. The highest BCUT2D eigenvalue weighted by Crippen LogP contribution is 2.35. The van der Waals surface area contributed by atoms with Crippen molar-refractivity contribution < 1.29 is 12.8 Å². The van der Waals surface area contributed by atoms with E-state index >= 15 is 0 Å². The number of sulfone groups is 1. The van der Waals surface area contributed by atoms with Gasteiger partial charge in [0.1, 0.15) is 11.8 Å². The van der Waals surface area contributed by atoms with Gasteiger partial charge in [0, 0.05) is 10.4 Å². The molecule has 2 unspecified atom stereocenters. The Hall–Kier alpha value is -0.820. The molecule has 2 atom stereocenters. The van der Waals surface area contributed by atoms with Gasteiger partial charge in [0.15, 0.2) is 9.84 Å². The van der Waals surface area contributed by atoms with E-state index in [1.807, 2.05) is 31.2 Å². The second-order valence-electron chi connectivity index (χ2n) is 5.64. The van der Waals surface area contributed by atoms with Crippen LogP contribution >= 0.6 is 22.9 Å². The molecule has 0 aromatic carbocycles. The van der Waals surface area contributed by atoms with E-state index in [1.54, 1.807) is 6.26 Å². The highest BCUT2D eigenvalue weighted by molar-refractivity contribution is 7.91. The lowest BCUT2D eigenvalue weighted by Crippen LogP contribution is -2.45. The zero-order valence-corrected chi connectivity index (χ0v) is 13.9. The molecule has 0 radical (unpaired) electrons. The van der Waals surface area contributed by atoms with Crippen molar-refractivity contribution in [1.82, 2.24) is 5.32 Å². The lowest BCUT2D eigenvalue weighted by atomic mass is 9.99. The molecule has 3 rings (SSSR count). The van der Waals surface area contributed by atoms with E-state index in [1.165, 1.54) is 11.3 Å². The average Bonchev–Trinajstić information content (AvgIpc) is 3.08. The summed E-state index contributed by atoms with van der Waals surface area (Å²) >= 11 is 7.50. The average molecular weight is 346 g/mol. The van der Waals surface area contributed by atoms with Crippen molar-refractivity contribution in [3.8, 4) is 0 Å². The fraction of sp³-hybridized carbons (Fsp3) is 0.429.